The monoisotopic (exact) mass is 395 g/mol. The molecule has 1 aliphatic rings. The lowest BCUT2D eigenvalue weighted by molar-refractivity contribution is -0.115. The van der Waals surface area contributed by atoms with E-state index in [1.165, 1.54) is 0 Å². The molecule has 142 valence electrons. The Kier molecular flexibility index (Phi) is 4.52. The van der Waals surface area contributed by atoms with Crippen LogP contribution >= 0.6 is 11.6 Å². The van der Waals surface area contributed by atoms with Crippen LogP contribution in [0, 0.1) is 0 Å². The van der Waals surface area contributed by atoms with E-state index >= 15 is 0 Å². The molecule has 4 rings (SSSR count). The number of ether oxygens (including phenoxy) is 1. The van der Waals surface area contributed by atoms with Crippen molar-refractivity contribution in [3.8, 4) is 17.1 Å². The smallest absolute Gasteiger partial charge is 0.248 e. The number of hydrogen-bond acceptors (Lipinski definition) is 5. The summed E-state index contributed by atoms with van der Waals surface area (Å²) in [6.45, 7) is 1.80. The lowest BCUT2D eigenvalue weighted by atomic mass is 9.95. The van der Waals surface area contributed by atoms with Gasteiger partial charge in [-0.1, -0.05) is 35.9 Å². The topological polar surface area (TPSA) is 95.1 Å². The summed E-state index contributed by atoms with van der Waals surface area (Å²) in [5.74, 6) is 1.17. The van der Waals surface area contributed by atoms with Crippen molar-refractivity contribution in [2.75, 3.05) is 12.4 Å². The number of aromatic nitrogens is 3. The van der Waals surface area contributed by atoms with Crippen molar-refractivity contribution >= 4 is 23.5 Å². The van der Waals surface area contributed by atoms with Crippen molar-refractivity contribution in [3.63, 3.8) is 0 Å². The zero-order chi connectivity index (χ0) is 19.8. The molecular formula is C20H18ClN5O2. The highest BCUT2D eigenvalue weighted by atomic mass is 35.5. The standard InChI is InChI=1S/C20H18ClN5O2/c1-11-16(18(22)27)17(12-7-9-13(28-2)10-8-12)26-20(23-11)24-19(25-26)14-5-3-4-6-15(14)21/h3-10,17H,1-2H3,(H2,22,27)(H,23,24,25)/t17-/m1/s1. The van der Waals surface area contributed by atoms with Crippen molar-refractivity contribution in [1.82, 2.24) is 14.8 Å². The molecule has 1 atom stereocenters. The summed E-state index contributed by atoms with van der Waals surface area (Å²) in [6, 6.07) is 14.3. The minimum Gasteiger partial charge on any atom is -0.497 e. The van der Waals surface area contributed by atoms with Gasteiger partial charge in [0.05, 0.1) is 17.7 Å². The molecule has 0 bridgehead atoms. The molecule has 1 amide bonds. The van der Waals surface area contributed by atoms with E-state index in [4.69, 9.17) is 22.1 Å². The number of rotatable bonds is 4. The number of amides is 1. The summed E-state index contributed by atoms with van der Waals surface area (Å²) in [6.07, 6.45) is 0. The first-order valence-corrected chi connectivity index (χ1v) is 9.00. The summed E-state index contributed by atoms with van der Waals surface area (Å²) in [7, 11) is 1.60. The van der Waals surface area contributed by atoms with Crippen LogP contribution in [0.1, 0.15) is 18.5 Å². The van der Waals surface area contributed by atoms with E-state index in [0.29, 0.717) is 33.6 Å². The summed E-state index contributed by atoms with van der Waals surface area (Å²) >= 11 is 6.31. The van der Waals surface area contributed by atoms with Gasteiger partial charge in [0.1, 0.15) is 11.8 Å². The van der Waals surface area contributed by atoms with Crippen LogP contribution in [0.2, 0.25) is 5.02 Å². The third-order valence-corrected chi connectivity index (χ3v) is 4.99. The molecule has 1 aromatic heterocycles. The molecule has 0 saturated heterocycles. The zero-order valence-electron chi connectivity index (χ0n) is 15.3. The van der Waals surface area contributed by atoms with Crippen LogP contribution in [0.3, 0.4) is 0 Å². The van der Waals surface area contributed by atoms with E-state index in [-0.39, 0.29) is 0 Å². The Morgan fingerprint density at radius 3 is 2.57 bits per heavy atom. The molecule has 1 aliphatic heterocycles. The quantitative estimate of drug-likeness (QED) is 0.706. The van der Waals surface area contributed by atoms with Gasteiger partial charge >= 0.3 is 0 Å². The van der Waals surface area contributed by atoms with Crippen LogP contribution in [0.4, 0.5) is 5.95 Å². The Balaban J connectivity index is 1.88. The number of hydrogen-bond donors (Lipinski definition) is 2. The second-order valence-corrected chi connectivity index (χ2v) is 6.79. The van der Waals surface area contributed by atoms with Gasteiger partial charge in [-0.2, -0.15) is 4.98 Å². The van der Waals surface area contributed by atoms with Crippen LogP contribution in [-0.2, 0) is 4.79 Å². The van der Waals surface area contributed by atoms with Gasteiger partial charge < -0.3 is 15.8 Å². The molecule has 0 saturated carbocycles. The second kappa shape index (κ2) is 7.01. The largest absolute Gasteiger partial charge is 0.497 e. The SMILES string of the molecule is COc1ccc([C@@H]2C(C(N)=O)=C(C)Nc3nc(-c4ccccc4Cl)nn32)cc1. The first kappa shape index (κ1) is 18.1. The number of halogens is 1. The lowest BCUT2D eigenvalue weighted by Crippen LogP contribution is -2.31. The van der Waals surface area contributed by atoms with Crippen LogP contribution in [-0.4, -0.2) is 27.8 Å². The van der Waals surface area contributed by atoms with Gasteiger partial charge in [0.15, 0.2) is 5.82 Å². The van der Waals surface area contributed by atoms with Crippen LogP contribution < -0.4 is 15.8 Å². The van der Waals surface area contributed by atoms with Crippen molar-refractivity contribution in [3.05, 3.63) is 70.4 Å². The number of allylic oxidation sites excluding steroid dienone is 1. The van der Waals surface area contributed by atoms with E-state index in [0.717, 1.165) is 11.3 Å². The Hall–Kier alpha value is -3.32. The normalized spacial score (nSPS) is 15.8. The number of carbonyl (C=O) groups is 1. The molecule has 2 heterocycles. The van der Waals surface area contributed by atoms with Gasteiger partial charge in [0, 0.05) is 11.3 Å². The van der Waals surface area contributed by atoms with E-state index in [2.05, 4.69) is 15.4 Å². The van der Waals surface area contributed by atoms with E-state index in [1.54, 1.807) is 24.8 Å². The molecular weight excluding hydrogens is 378 g/mol. The number of nitrogens with one attached hydrogen (secondary N) is 1. The maximum atomic E-state index is 12.2. The predicted octanol–water partition coefficient (Wildman–Crippen LogP) is 3.38. The molecule has 8 heteroatoms. The maximum Gasteiger partial charge on any atom is 0.248 e. The molecule has 28 heavy (non-hydrogen) atoms. The van der Waals surface area contributed by atoms with E-state index in [9.17, 15) is 4.79 Å². The first-order valence-electron chi connectivity index (χ1n) is 8.62. The lowest BCUT2D eigenvalue weighted by Gasteiger charge is -2.27. The fraction of sp³-hybridized carbons (Fsp3) is 0.150. The molecule has 3 N–H and O–H groups in total. The fourth-order valence-electron chi connectivity index (χ4n) is 3.32. The zero-order valence-corrected chi connectivity index (χ0v) is 16.1. The van der Waals surface area contributed by atoms with Crippen molar-refractivity contribution in [2.45, 2.75) is 13.0 Å². The number of anilines is 1. The highest BCUT2D eigenvalue weighted by Crippen LogP contribution is 2.37. The molecule has 2 aromatic carbocycles. The van der Waals surface area contributed by atoms with Gasteiger partial charge in [0.25, 0.3) is 0 Å². The predicted molar refractivity (Wildman–Crippen MR) is 107 cm³/mol. The molecule has 0 spiro atoms. The van der Waals surface area contributed by atoms with Gasteiger partial charge in [-0.05, 0) is 36.8 Å². The van der Waals surface area contributed by atoms with Crippen LogP contribution in [0.15, 0.2) is 59.8 Å². The summed E-state index contributed by atoms with van der Waals surface area (Å²) in [5.41, 5.74) is 8.31. The molecule has 0 unspecified atom stereocenters. The number of fused-ring (bicyclic) bond motifs is 1. The average Bonchev–Trinajstić information content (AvgIpc) is 3.10. The third-order valence-electron chi connectivity index (χ3n) is 4.66. The molecule has 0 aliphatic carbocycles. The van der Waals surface area contributed by atoms with Gasteiger partial charge in [-0.25, -0.2) is 4.68 Å². The number of nitrogens with two attached hydrogens (primary N) is 1. The van der Waals surface area contributed by atoms with Crippen LogP contribution in [0.5, 0.6) is 5.75 Å². The highest BCUT2D eigenvalue weighted by Gasteiger charge is 2.33. The summed E-state index contributed by atoms with van der Waals surface area (Å²) < 4.78 is 6.89. The minimum atomic E-state index is -0.522. The Bertz CT molecular complexity index is 1090. The maximum absolute atomic E-state index is 12.2. The van der Waals surface area contributed by atoms with Crippen molar-refractivity contribution in [1.29, 1.82) is 0 Å². The highest BCUT2D eigenvalue weighted by molar-refractivity contribution is 6.33. The molecule has 3 aromatic rings. The Labute approximate surface area is 166 Å². The summed E-state index contributed by atoms with van der Waals surface area (Å²) in [4.78, 5) is 16.8. The van der Waals surface area contributed by atoms with Crippen molar-refractivity contribution < 1.29 is 9.53 Å². The Morgan fingerprint density at radius 2 is 1.93 bits per heavy atom. The number of benzene rings is 2. The second-order valence-electron chi connectivity index (χ2n) is 6.39. The first-order chi connectivity index (χ1) is 13.5. The molecule has 7 nitrogen and oxygen atoms in total. The average molecular weight is 396 g/mol. The van der Waals surface area contributed by atoms with Gasteiger partial charge in [-0.15, -0.1) is 5.10 Å². The van der Waals surface area contributed by atoms with E-state index < -0.39 is 11.9 Å². The number of methoxy groups -OCH3 is 1. The summed E-state index contributed by atoms with van der Waals surface area (Å²) in [5, 5.41) is 8.31. The number of primary amides is 1. The number of nitrogens with zero attached hydrogens (tertiary/aromatic N) is 3. The molecule has 0 radical (unpaired) electrons. The number of carbonyl (C=O) groups excluding carboxylic acids is 1. The van der Waals surface area contributed by atoms with Gasteiger partial charge in [-0.3, -0.25) is 4.79 Å². The van der Waals surface area contributed by atoms with Crippen LogP contribution in [0.25, 0.3) is 11.4 Å². The Morgan fingerprint density at radius 1 is 1.21 bits per heavy atom. The third kappa shape index (κ3) is 2.99. The van der Waals surface area contributed by atoms with Crippen molar-refractivity contribution in [2.24, 2.45) is 5.73 Å². The minimum absolute atomic E-state index is 0.424. The molecule has 0 fully saturated rings. The van der Waals surface area contributed by atoms with E-state index in [1.807, 2.05) is 42.5 Å². The fourth-order valence-corrected chi connectivity index (χ4v) is 3.54. The van der Waals surface area contributed by atoms with Gasteiger partial charge in [0.2, 0.25) is 11.9 Å².